The number of aromatic hydroxyl groups is 1. The average molecular weight is 425 g/mol. The highest BCUT2D eigenvalue weighted by Crippen LogP contribution is 2.40. The number of benzene rings is 2. The largest absolute Gasteiger partial charge is 0.508 e. The fourth-order valence-corrected chi connectivity index (χ4v) is 3.68. The van der Waals surface area contributed by atoms with Crippen molar-refractivity contribution in [2.75, 3.05) is 20.3 Å². The number of ketones is 1. The minimum absolute atomic E-state index is 0.000797. The number of aryl methyl sites for hydroxylation is 1. The molecule has 7 heteroatoms. The van der Waals surface area contributed by atoms with Crippen molar-refractivity contribution in [3.63, 3.8) is 0 Å². The van der Waals surface area contributed by atoms with Crippen LogP contribution >= 0.6 is 0 Å². The molecule has 7 nitrogen and oxygen atoms in total. The van der Waals surface area contributed by atoms with Gasteiger partial charge in [-0.05, 0) is 62.2 Å². The van der Waals surface area contributed by atoms with Gasteiger partial charge in [0.15, 0.2) is 0 Å². The van der Waals surface area contributed by atoms with Crippen LogP contribution in [0.2, 0.25) is 0 Å². The number of amides is 1. The molecule has 0 aromatic heterocycles. The Morgan fingerprint density at radius 1 is 1.16 bits per heavy atom. The van der Waals surface area contributed by atoms with E-state index in [2.05, 4.69) is 0 Å². The van der Waals surface area contributed by atoms with Gasteiger partial charge in [-0.2, -0.15) is 0 Å². The second kappa shape index (κ2) is 9.22. The second-order valence-corrected chi connectivity index (χ2v) is 7.73. The van der Waals surface area contributed by atoms with Crippen LogP contribution in [0.1, 0.15) is 36.6 Å². The predicted octanol–water partition coefficient (Wildman–Crippen LogP) is 3.56. The maximum absolute atomic E-state index is 12.9. The number of phenolic OH excluding ortho intramolecular Hbond substituents is 1. The molecule has 1 saturated heterocycles. The Balaban J connectivity index is 2.12. The Morgan fingerprint density at radius 2 is 1.90 bits per heavy atom. The van der Waals surface area contributed by atoms with E-state index < -0.39 is 17.7 Å². The average Bonchev–Trinajstić information content (AvgIpc) is 2.97. The van der Waals surface area contributed by atoms with E-state index in [1.54, 1.807) is 30.3 Å². The smallest absolute Gasteiger partial charge is 0.295 e. The van der Waals surface area contributed by atoms with Crippen LogP contribution in [0.25, 0.3) is 5.76 Å². The van der Waals surface area contributed by atoms with Gasteiger partial charge in [-0.1, -0.05) is 12.1 Å². The lowest BCUT2D eigenvalue weighted by atomic mass is 9.94. The van der Waals surface area contributed by atoms with Gasteiger partial charge in [0, 0.05) is 19.2 Å². The van der Waals surface area contributed by atoms with E-state index in [0.717, 1.165) is 5.56 Å². The Bertz CT molecular complexity index is 1030. The van der Waals surface area contributed by atoms with Crippen LogP contribution in [0.3, 0.4) is 0 Å². The van der Waals surface area contributed by atoms with Crippen molar-refractivity contribution < 1.29 is 29.3 Å². The summed E-state index contributed by atoms with van der Waals surface area (Å²) in [4.78, 5) is 27.0. The van der Waals surface area contributed by atoms with Crippen LogP contribution in [0, 0.1) is 6.92 Å². The summed E-state index contributed by atoms with van der Waals surface area (Å²) in [7, 11) is 1.50. The van der Waals surface area contributed by atoms with Crippen molar-refractivity contribution in [2.45, 2.75) is 32.9 Å². The first-order valence-corrected chi connectivity index (χ1v) is 10.1. The molecule has 2 aromatic carbocycles. The minimum Gasteiger partial charge on any atom is -0.508 e. The van der Waals surface area contributed by atoms with Crippen molar-refractivity contribution in [3.8, 4) is 11.5 Å². The molecule has 3 rings (SSSR count). The molecule has 31 heavy (non-hydrogen) atoms. The molecule has 0 spiro atoms. The zero-order chi connectivity index (χ0) is 22.7. The van der Waals surface area contributed by atoms with Crippen molar-refractivity contribution in [1.82, 2.24) is 4.90 Å². The summed E-state index contributed by atoms with van der Waals surface area (Å²) >= 11 is 0. The van der Waals surface area contributed by atoms with Gasteiger partial charge in [0.1, 0.15) is 17.3 Å². The highest BCUT2D eigenvalue weighted by molar-refractivity contribution is 6.46. The van der Waals surface area contributed by atoms with E-state index in [1.165, 1.54) is 24.1 Å². The summed E-state index contributed by atoms with van der Waals surface area (Å²) in [5.74, 6) is -1.09. The van der Waals surface area contributed by atoms with Crippen LogP contribution in [0.5, 0.6) is 11.5 Å². The Morgan fingerprint density at radius 3 is 2.52 bits per heavy atom. The normalized spacial score (nSPS) is 18.1. The van der Waals surface area contributed by atoms with E-state index in [1.807, 2.05) is 20.8 Å². The number of hydrogen-bond donors (Lipinski definition) is 2. The maximum atomic E-state index is 12.9. The molecule has 1 amide bonds. The summed E-state index contributed by atoms with van der Waals surface area (Å²) in [6, 6.07) is 10.6. The van der Waals surface area contributed by atoms with Gasteiger partial charge < -0.3 is 24.6 Å². The van der Waals surface area contributed by atoms with Gasteiger partial charge in [0.2, 0.25) is 0 Å². The monoisotopic (exact) mass is 425 g/mol. The van der Waals surface area contributed by atoms with Gasteiger partial charge in [-0.25, -0.2) is 0 Å². The lowest BCUT2D eigenvalue weighted by Gasteiger charge is -2.25. The number of aliphatic hydroxyl groups excluding tert-OH is 1. The van der Waals surface area contributed by atoms with E-state index in [9.17, 15) is 19.8 Å². The molecule has 2 N–H and O–H groups in total. The second-order valence-electron chi connectivity index (χ2n) is 7.73. The first kappa shape index (κ1) is 22.4. The number of rotatable bonds is 7. The molecule has 1 unspecified atom stereocenters. The summed E-state index contributed by atoms with van der Waals surface area (Å²) in [6.45, 7) is 6.08. The third-order valence-corrected chi connectivity index (χ3v) is 5.07. The first-order valence-electron chi connectivity index (χ1n) is 10.1. The molecule has 1 fully saturated rings. The lowest BCUT2D eigenvalue weighted by molar-refractivity contribution is -0.140. The molecule has 2 aromatic rings. The highest BCUT2D eigenvalue weighted by Gasteiger charge is 2.46. The zero-order valence-electron chi connectivity index (χ0n) is 18.1. The van der Waals surface area contributed by atoms with Crippen molar-refractivity contribution in [3.05, 3.63) is 64.7 Å². The van der Waals surface area contributed by atoms with Crippen molar-refractivity contribution in [1.29, 1.82) is 0 Å². The first-order chi connectivity index (χ1) is 14.7. The Hall–Kier alpha value is -3.32. The molecule has 0 radical (unpaired) electrons. The summed E-state index contributed by atoms with van der Waals surface area (Å²) in [5, 5.41) is 21.0. The third kappa shape index (κ3) is 4.56. The van der Waals surface area contributed by atoms with Gasteiger partial charge >= 0.3 is 0 Å². The maximum Gasteiger partial charge on any atom is 0.295 e. The van der Waals surface area contributed by atoms with E-state index in [4.69, 9.17) is 9.47 Å². The van der Waals surface area contributed by atoms with Gasteiger partial charge in [-0.3, -0.25) is 9.59 Å². The van der Waals surface area contributed by atoms with Crippen molar-refractivity contribution >= 4 is 17.4 Å². The molecule has 0 bridgehead atoms. The van der Waals surface area contributed by atoms with Crippen LogP contribution in [0.15, 0.2) is 48.0 Å². The van der Waals surface area contributed by atoms with Crippen LogP contribution in [-0.2, 0) is 14.3 Å². The Kier molecular flexibility index (Phi) is 6.65. The quantitative estimate of drug-likeness (QED) is 0.400. The number of aliphatic hydroxyl groups is 1. The number of carbonyl (C=O) groups excluding carboxylic acids is 2. The van der Waals surface area contributed by atoms with Gasteiger partial charge in [-0.15, -0.1) is 0 Å². The minimum atomic E-state index is -0.839. The summed E-state index contributed by atoms with van der Waals surface area (Å²) < 4.78 is 10.8. The fraction of sp³-hybridized carbons (Fsp3) is 0.333. The van der Waals surface area contributed by atoms with Crippen LogP contribution < -0.4 is 4.74 Å². The molecule has 1 atom stereocenters. The van der Waals surface area contributed by atoms with Gasteiger partial charge in [0.05, 0.1) is 24.3 Å². The number of likely N-dealkylation sites (tertiary alicyclic amines) is 1. The number of carbonyl (C=O) groups is 2. The molecule has 1 aliphatic heterocycles. The topological polar surface area (TPSA) is 96.3 Å². The molecular formula is C24H27NO6. The summed E-state index contributed by atoms with van der Waals surface area (Å²) in [6.07, 6.45) is -0.00462. The van der Waals surface area contributed by atoms with E-state index in [0.29, 0.717) is 16.9 Å². The molecular weight excluding hydrogens is 398 g/mol. The molecule has 1 aliphatic rings. The summed E-state index contributed by atoms with van der Waals surface area (Å²) in [5.41, 5.74) is 1.70. The van der Waals surface area contributed by atoms with Crippen LogP contribution in [0.4, 0.5) is 0 Å². The molecule has 1 heterocycles. The van der Waals surface area contributed by atoms with E-state index in [-0.39, 0.29) is 36.3 Å². The number of methoxy groups -OCH3 is 1. The number of hydrogen-bond acceptors (Lipinski definition) is 6. The van der Waals surface area contributed by atoms with E-state index >= 15 is 0 Å². The SMILES string of the molecule is COCCN1C(=O)C(=O)/C(=C(\O)c2ccc(OC(C)C)c(C)c2)C1c1cccc(O)c1. The standard InChI is InChI=1S/C24H27NO6/c1-14(2)31-19-9-8-17(12-15(19)3)22(27)20-21(16-6-5-7-18(26)13-16)25(10-11-30-4)24(29)23(20)28/h5-9,12-14,21,26-27H,10-11H2,1-4H3/b22-20-. The number of ether oxygens (including phenoxy) is 2. The fourth-order valence-electron chi connectivity index (χ4n) is 3.68. The van der Waals surface area contributed by atoms with Crippen LogP contribution in [-0.4, -0.2) is 53.2 Å². The third-order valence-electron chi connectivity index (χ3n) is 5.07. The lowest BCUT2D eigenvalue weighted by Crippen LogP contribution is -2.32. The van der Waals surface area contributed by atoms with Crippen molar-refractivity contribution in [2.24, 2.45) is 0 Å². The molecule has 0 saturated carbocycles. The number of phenols is 1. The van der Waals surface area contributed by atoms with Gasteiger partial charge in [0.25, 0.3) is 11.7 Å². The molecule has 0 aliphatic carbocycles. The number of nitrogens with zero attached hydrogens (tertiary/aromatic N) is 1. The predicted molar refractivity (Wildman–Crippen MR) is 116 cm³/mol. The number of Topliss-reactive ketones (excluding diaryl/α,β-unsaturated/α-hetero) is 1. The molecule has 164 valence electrons. The highest BCUT2D eigenvalue weighted by atomic mass is 16.5. The zero-order valence-corrected chi connectivity index (χ0v) is 18.1. The Labute approximate surface area is 181 Å².